The molecule has 0 aromatic heterocycles. The minimum absolute atomic E-state index is 0.225. The van der Waals surface area contributed by atoms with Gasteiger partial charge in [0.2, 0.25) is 0 Å². The van der Waals surface area contributed by atoms with E-state index in [1.165, 1.54) is 38.5 Å². The van der Waals surface area contributed by atoms with Gasteiger partial charge in [-0.05, 0) is 44.3 Å². The van der Waals surface area contributed by atoms with Crippen LogP contribution >= 0.6 is 0 Å². The zero-order valence-electron chi connectivity index (χ0n) is 17.0. The summed E-state index contributed by atoms with van der Waals surface area (Å²) in [7, 11) is -1.55. The summed E-state index contributed by atoms with van der Waals surface area (Å²) in [4.78, 5) is 11.1. The number of carbonyl (C=O) groups excluding carboxylic acids is 1. The number of unbranched alkanes of at least 4 members (excludes halogenated alkanes) is 7. The molecule has 4 heteroatoms. The van der Waals surface area contributed by atoms with Gasteiger partial charge in [0.25, 0.3) is 0 Å². The predicted molar refractivity (Wildman–Crippen MR) is 106 cm³/mol. The first-order valence-corrected chi connectivity index (χ1v) is 12.6. The van der Waals surface area contributed by atoms with Gasteiger partial charge in [0.05, 0.1) is 6.61 Å². The van der Waals surface area contributed by atoms with E-state index >= 15 is 0 Å². The van der Waals surface area contributed by atoms with E-state index in [1.54, 1.807) is 6.08 Å². The average molecular weight is 357 g/mol. The van der Waals surface area contributed by atoms with Crippen molar-refractivity contribution in [3.8, 4) is 0 Å². The first kappa shape index (κ1) is 23.4. The molecule has 0 spiro atoms. The number of carbonyl (C=O) groups is 1. The van der Waals surface area contributed by atoms with Gasteiger partial charge >= 0.3 is 5.97 Å². The zero-order chi connectivity index (χ0) is 18.5. The molecule has 0 radical (unpaired) electrons. The summed E-state index contributed by atoms with van der Waals surface area (Å²) in [5.41, 5.74) is 0. The molecule has 0 saturated heterocycles. The predicted octanol–water partition coefficient (Wildman–Crippen LogP) is 6.25. The monoisotopic (exact) mass is 356 g/mol. The third-order valence-corrected chi connectivity index (χ3v) is 9.36. The van der Waals surface area contributed by atoms with Crippen molar-refractivity contribution in [2.45, 2.75) is 97.2 Å². The molecule has 0 fully saturated rings. The highest BCUT2D eigenvalue weighted by atomic mass is 28.4. The van der Waals surface area contributed by atoms with Crippen molar-refractivity contribution in [1.82, 2.24) is 0 Å². The van der Waals surface area contributed by atoms with E-state index < -0.39 is 8.32 Å². The van der Waals surface area contributed by atoms with Crippen LogP contribution in [0.1, 0.15) is 79.1 Å². The van der Waals surface area contributed by atoms with Crippen molar-refractivity contribution < 1.29 is 14.0 Å². The first-order chi connectivity index (χ1) is 11.2. The van der Waals surface area contributed by atoms with Crippen LogP contribution in [0.4, 0.5) is 0 Å². The van der Waals surface area contributed by atoms with E-state index in [0.717, 1.165) is 19.4 Å². The molecule has 0 atom stereocenters. The van der Waals surface area contributed by atoms with Gasteiger partial charge < -0.3 is 9.16 Å². The van der Waals surface area contributed by atoms with E-state index in [-0.39, 0.29) is 5.97 Å². The normalized spacial score (nSPS) is 12.8. The fourth-order valence-electron chi connectivity index (χ4n) is 2.16. The molecule has 0 bridgehead atoms. The minimum Gasteiger partial charge on any atom is -0.463 e. The van der Waals surface area contributed by atoms with Gasteiger partial charge in [-0.2, -0.15) is 0 Å². The number of rotatable bonds is 13. The quantitative estimate of drug-likeness (QED) is 0.169. The number of hydrogen-bond donors (Lipinski definition) is 0. The average Bonchev–Trinajstić information content (AvgIpc) is 2.47. The molecule has 0 aliphatic heterocycles. The molecular weight excluding hydrogens is 316 g/mol. The fraction of sp³-hybridized carbons (Fsp3) is 0.850. The van der Waals surface area contributed by atoms with Crippen LogP contribution in [-0.2, 0) is 14.0 Å². The molecule has 0 aromatic carbocycles. The zero-order valence-corrected chi connectivity index (χ0v) is 18.0. The second kappa shape index (κ2) is 12.7. The molecule has 3 nitrogen and oxygen atoms in total. The Bertz CT molecular complexity index is 356. The van der Waals surface area contributed by atoms with Gasteiger partial charge in [-0.15, -0.1) is 0 Å². The van der Waals surface area contributed by atoms with Crippen LogP contribution in [0.3, 0.4) is 0 Å². The lowest BCUT2D eigenvalue weighted by Crippen LogP contribution is -2.40. The highest BCUT2D eigenvalue weighted by molar-refractivity contribution is 6.74. The molecule has 0 N–H and O–H groups in total. The molecule has 0 heterocycles. The standard InChI is InChI=1S/C20H40O3Si/c1-7-22-19(21)17-15-13-11-9-8-10-12-14-16-18-23-24(5,6)20(2,3)4/h15,17H,7-14,16,18H2,1-6H3/b17-15+. The lowest BCUT2D eigenvalue weighted by Gasteiger charge is -2.36. The Morgan fingerprint density at radius 2 is 1.50 bits per heavy atom. The van der Waals surface area contributed by atoms with Crippen molar-refractivity contribution >= 4 is 14.3 Å². The lowest BCUT2D eigenvalue weighted by molar-refractivity contribution is -0.137. The molecule has 0 aliphatic carbocycles. The molecule has 0 rings (SSSR count). The van der Waals surface area contributed by atoms with Crippen molar-refractivity contribution in [2.75, 3.05) is 13.2 Å². The molecule has 0 unspecified atom stereocenters. The van der Waals surface area contributed by atoms with Gasteiger partial charge in [0.15, 0.2) is 8.32 Å². The third-order valence-electron chi connectivity index (χ3n) is 4.82. The van der Waals surface area contributed by atoms with Crippen LogP contribution in [-0.4, -0.2) is 27.5 Å². The number of esters is 1. The van der Waals surface area contributed by atoms with E-state index in [2.05, 4.69) is 33.9 Å². The summed E-state index contributed by atoms with van der Waals surface area (Å²) < 4.78 is 11.0. The topological polar surface area (TPSA) is 35.5 Å². The number of allylic oxidation sites excluding steroid dienone is 1. The van der Waals surface area contributed by atoms with Crippen LogP contribution in [0.5, 0.6) is 0 Å². The molecule has 24 heavy (non-hydrogen) atoms. The second-order valence-corrected chi connectivity index (χ2v) is 12.8. The largest absolute Gasteiger partial charge is 0.463 e. The van der Waals surface area contributed by atoms with Crippen molar-refractivity contribution in [1.29, 1.82) is 0 Å². The molecule has 142 valence electrons. The summed E-state index contributed by atoms with van der Waals surface area (Å²) >= 11 is 0. The molecule has 0 amide bonds. The summed E-state index contributed by atoms with van der Waals surface area (Å²) in [6, 6.07) is 0. The first-order valence-electron chi connectivity index (χ1n) is 9.68. The molecule has 0 saturated carbocycles. The Hall–Kier alpha value is -0.613. The Balaban J connectivity index is 3.42. The Kier molecular flexibility index (Phi) is 12.4. The maximum atomic E-state index is 11.1. The third kappa shape index (κ3) is 11.9. The number of hydrogen-bond acceptors (Lipinski definition) is 3. The minimum atomic E-state index is -1.55. The highest BCUT2D eigenvalue weighted by Crippen LogP contribution is 2.36. The SMILES string of the molecule is CCOC(=O)/C=C/CCCCCCCCCO[Si](C)(C)C(C)(C)C. The Morgan fingerprint density at radius 3 is 2.04 bits per heavy atom. The maximum absolute atomic E-state index is 11.1. The summed E-state index contributed by atoms with van der Waals surface area (Å²) in [6.07, 6.45) is 13.2. The van der Waals surface area contributed by atoms with E-state index in [4.69, 9.17) is 9.16 Å². The fourth-order valence-corrected chi connectivity index (χ4v) is 3.25. The Labute approximate surface area is 151 Å². The van der Waals surface area contributed by atoms with Gasteiger partial charge in [0, 0.05) is 12.7 Å². The van der Waals surface area contributed by atoms with Gasteiger partial charge in [-0.25, -0.2) is 4.79 Å². The lowest BCUT2D eigenvalue weighted by atomic mass is 10.1. The molecule has 0 aliphatic rings. The summed E-state index contributed by atoms with van der Waals surface area (Å²) in [6.45, 7) is 14.7. The van der Waals surface area contributed by atoms with Crippen molar-refractivity contribution in [3.05, 3.63) is 12.2 Å². The number of ether oxygens (including phenoxy) is 1. The summed E-state index contributed by atoms with van der Waals surface area (Å²) in [5, 5.41) is 0.314. The van der Waals surface area contributed by atoms with Gasteiger partial charge in [0.1, 0.15) is 0 Å². The summed E-state index contributed by atoms with van der Waals surface area (Å²) in [5.74, 6) is -0.225. The van der Waals surface area contributed by atoms with Crippen LogP contribution in [0, 0.1) is 0 Å². The molecular formula is C20H40O3Si. The highest BCUT2D eigenvalue weighted by Gasteiger charge is 2.36. The van der Waals surface area contributed by atoms with Gasteiger partial charge in [-0.3, -0.25) is 0 Å². The van der Waals surface area contributed by atoms with E-state index in [9.17, 15) is 4.79 Å². The van der Waals surface area contributed by atoms with Crippen molar-refractivity contribution in [2.24, 2.45) is 0 Å². The van der Waals surface area contributed by atoms with Crippen molar-refractivity contribution in [3.63, 3.8) is 0 Å². The van der Waals surface area contributed by atoms with Crippen LogP contribution < -0.4 is 0 Å². The maximum Gasteiger partial charge on any atom is 0.330 e. The van der Waals surface area contributed by atoms with Gasteiger partial charge in [-0.1, -0.05) is 59.0 Å². The van der Waals surface area contributed by atoms with Crippen LogP contribution in [0.2, 0.25) is 18.1 Å². The Morgan fingerprint density at radius 1 is 0.958 bits per heavy atom. The second-order valence-electron chi connectivity index (χ2n) is 8.03. The molecule has 0 aromatic rings. The van der Waals surface area contributed by atoms with Crippen LogP contribution in [0.15, 0.2) is 12.2 Å². The van der Waals surface area contributed by atoms with E-state index in [1.807, 2.05) is 13.0 Å². The van der Waals surface area contributed by atoms with E-state index in [0.29, 0.717) is 11.6 Å². The smallest absolute Gasteiger partial charge is 0.330 e. The van der Waals surface area contributed by atoms with Crippen LogP contribution in [0.25, 0.3) is 0 Å².